The summed E-state index contributed by atoms with van der Waals surface area (Å²) in [6.45, 7) is -0.311. The third-order valence-electron chi connectivity index (χ3n) is 6.30. The maximum Gasteiger partial charge on any atom is 0.309 e. The first-order chi connectivity index (χ1) is 14.6. The Labute approximate surface area is 176 Å². The number of Topliss-reactive ketones (excluding diaryl/α,β-unsaturated/α-hetero) is 1. The van der Waals surface area contributed by atoms with Crippen molar-refractivity contribution in [2.45, 2.75) is 38.1 Å². The predicted octanol–water partition coefficient (Wildman–Crippen LogP) is 3.83. The molecule has 5 heteroatoms. The molecule has 2 saturated carbocycles. The van der Waals surface area contributed by atoms with E-state index < -0.39 is 0 Å². The molecule has 0 aromatic heterocycles. The highest BCUT2D eigenvalue weighted by molar-refractivity contribution is 5.88. The molecular weight excluding hydrogens is 378 g/mol. The molecule has 2 aliphatic rings. The van der Waals surface area contributed by atoms with Crippen molar-refractivity contribution in [3.8, 4) is 0 Å². The van der Waals surface area contributed by atoms with Crippen molar-refractivity contribution in [3.05, 3.63) is 71.8 Å². The second kappa shape index (κ2) is 9.24. The highest BCUT2D eigenvalue weighted by Gasteiger charge is 2.41. The smallest absolute Gasteiger partial charge is 0.309 e. The Kier molecular flexibility index (Phi) is 6.26. The van der Waals surface area contributed by atoms with Gasteiger partial charge in [0.15, 0.2) is 6.61 Å². The van der Waals surface area contributed by atoms with Gasteiger partial charge >= 0.3 is 5.97 Å². The number of ether oxygens (including phenoxy) is 1. The Balaban J connectivity index is 1.36. The van der Waals surface area contributed by atoms with Gasteiger partial charge in [-0.05, 0) is 36.8 Å². The molecule has 0 heterocycles. The lowest BCUT2D eigenvalue weighted by Gasteiger charge is -2.36. The molecule has 2 bridgehead atoms. The summed E-state index contributed by atoms with van der Waals surface area (Å²) in [4.78, 5) is 37.4. The van der Waals surface area contributed by atoms with Gasteiger partial charge in [-0.25, -0.2) is 0 Å². The van der Waals surface area contributed by atoms with Crippen LogP contribution in [-0.2, 0) is 19.1 Å². The minimum Gasteiger partial charge on any atom is -0.455 e. The monoisotopic (exact) mass is 405 g/mol. The van der Waals surface area contributed by atoms with E-state index in [0.29, 0.717) is 18.6 Å². The number of carbonyl (C=O) groups excluding carboxylic acids is 3. The average molecular weight is 405 g/mol. The van der Waals surface area contributed by atoms with E-state index in [2.05, 4.69) is 5.32 Å². The Morgan fingerprint density at radius 1 is 0.900 bits per heavy atom. The number of esters is 1. The van der Waals surface area contributed by atoms with Crippen LogP contribution in [-0.4, -0.2) is 24.3 Å². The van der Waals surface area contributed by atoms with E-state index in [0.717, 1.165) is 30.4 Å². The average Bonchev–Trinajstić information content (AvgIpc) is 2.77. The molecule has 0 radical (unpaired) electrons. The number of nitrogens with one attached hydrogen (secondary N) is 1. The standard InChI is InChI=1S/C25H27NO4/c27-22(16-30-25(29)21-14-19-12-7-13-20(15-21)24(19)28)26-23(17-8-3-1-4-9-17)18-10-5-2-6-11-18/h1-6,8-11,19-21,23H,7,12-16H2,(H,26,27)/t19-,20-/m0/s1. The van der Waals surface area contributed by atoms with Crippen molar-refractivity contribution in [2.24, 2.45) is 17.8 Å². The van der Waals surface area contributed by atoms with Crippen molar-refractivity contribution < 1.29 is 19.1 Å². The molecule has 2 aliphatic carbocycles. The molecule has 1 N–H and O–H groups in total. The largest absolute Gasteiger partial charge is 0.455 e. The summed E-state index contributed by atoms with van der Waals surface area (Å²) in [6.07, 6.45) is 3.93. The number of fused-ring (bicyclic) bond motifs is 2. The molecule has 0 aliphatic heterocycles. The lowest BCUT2D eigenvalue weighted by atomic mass is 9.67. The van der Waals surface area contributed by atoms with Crippen LogP contribution in [0.3, 0.4) is 0 Å². The molecule has 2 aromatic carbocycles. The Hall–Kier alpha value is -2.95. The molecular formula is C25H27NO4. The van der Waals surface area contributed by atoms with E-state index in [-0.39, 0.29) is 42.3 Å². The van der Waals surface area contributed by atoms with Crippen LogP contribution in [0.5, 0.6) is 0 Å². The van der Waals surface area contributed by atoms with E-state index in [1.165, 1.54) is 0 Å². The fourth-order valence-corrected chi connectivity index (χ4v) is 4.78. The number of carbonyl (C=O) groups is 3. The summed E-state index contributed by atoms with van der Waals surface area (Å²) in [6, 6.07) is 19.1. The fraction of sp³-hybridized carbons (Fsp3) is 0.400. The lowest BCUT2D eigenvalue weighted by Crippen LogP contribution is -2.40. The molecule has 0 saturated heterocycles. The van der Waals surface area contributed by atoms with Gasteiger partial charge in [0.25, 0.3) is 5.91 Å². The van der Waals surface area contributed by atoms with Gasteiger partial charge in [0, 0.05) is 11.8 Å². The summed E-state index contributed by atoms with van der Waals surface area (Å²) in [5.41, 5.74) is 1.92. The molecule has 2 fully saturated rings. The van der Waals surface area contributed by atoms with Crippen molar-refractivity contribution in [2.75, 3.05) is 6.61 Å². The first-order valence-electron chi connectivity index (χ1n) is 10.7. The van der Waals surface area contributed by atoms with Gasteiger partial charge < -0.3 is 10.1 Å². The van der Waals surface area contributed by atoms with Crippen molar-refractivity contribution in [1.29, 1.82) is 0 Å². The first kappa shape index (κ1) is 20.3. The molecule has 1 amide bonds. The number of amides is 1. The van der Waals surface area contributed by atoms with Crippen LogP contribution in [0.2, 0.25) is 0 Å². The molecule has 0 spiro atoms. The van der Waals surface area contributed by atoms with E-state index >= 15 is 0 Å². The van der Waals surface area contributed by atoms with Gasteiger partial charge in [-0.1, -0.05) is 67.1 Å². The summed E-state index contributed by atoms with van der Waals surface area (Å²) in [7, 11) is 0. The van der Waals surface area contributed by atoms with Gasteiger partial charge in [0.2, 0.25) is 0 Å². The molecule has 30 heavy (non-hydrogen) atoms. The number of hydrogen-bond acceptors (Lipinski definition) is 4. The Bertz CT molecular complexity index is 840. The van der Waals surface area contributed by atoms with Gasteiger partial charge in [0.1, 0.15) is 5.78 Å². The molecule has 2 atom stereocenters. The summed E-state index contributed by atoms with van der Waals surface area (Å²) in [5, 5.41) is 2.98. The molecule has 2 aromatic rings. The minimum absolute atomic E-state index is 0.00980. The second-order valence-corrected chi connectivity index (χ2v) is 8.33. The number of benzene rings is 2. The van der Waals surface area contributed by atoms with Crippen molar-refractivity contribution in [1.82, 2.24) is 5.32 Å². The zero-order valence-corrected chi connectivity index (χ0v) is 17.0. The van der Waals surface area contributed by atoms with Crippen LogP contribution in [0.4, 0.5) is 0 Å². The maximum absolute atomic E-state index is 12.6. The van der Waals surface area contributed by atoms with Gasteiger partial charge in [0.05, 0.1) is 12.0 Å². The summed E-state index contributed by atoms with van der Waals surface area (Å²) in [5.74, 6) is -0.672. The van der Waals surface area contributed by atoms with Crippen LogP contribution in [0.1, 0.15) is 49.3 Å². The fourth-order valence-electron chi connectivity index (χ4n) is 4.78. The normalized spacial score (nSPS) is 23.1. The highest BCUT2D eigenvalue weighted by Crippen LogP contribution is 2.40. The number of ketones is 1. The van der Waals surface area contributed by atoms with Crippen LogP contribution in [0.15, 0.2) is 60.7 Å². The van der Waals surface area contributed by atoms with E-state index in [1.807, 2.05) is 60.7 Å². The molecule has 5 nitrogen and oxygen atoms in total. The Morgan fingerprint density at radius 3 is 1.97 bits per heavy atom. The van der Waals surface area contributed by atoms with Gasteiger partial charge in [-0.2, -0.15) is 0 Å². The Morgan fingerprint density at radius 2 is 1.43 bits per heavy atom. The van der Waals surface area contributed by atoms with Crippen LogP contribution < -0.4 is 5.32 Å². The molecule has 156 valence electrons. The number of hydrogen-bond donors (Lipinski definition) is 1. The molecule has 0 unspecified atom stereocenters. The van der Waals surface area contributed by atoms with E-state index in [4.69, 9.17) is 4.74 Å². The van der Waals surface area contributed by atoms with Crippen LogP contribution in [0, 0.1) is 17.8 Å². The van der Waals surface area contributed by atoms with E-state index in [1.54, 1.807) is 0 Å². The van der Waals surface area contributed by atoms with E-state index in [9.17, 15) is 14.4 Å². The van der Waals surface area contributed by atoms with Crippen molar-refractivity contribution in [3.63, 3.8) is 0 Å². The number of rotatable bonds is 6. The van der Waals surface area contributed by atoms with Gasteiger partial charge in [-0.15, -0.1) is 0 Å². The van der Waals surface area contributed by atoms with Crippen LogP contribution >= 0.6 is 0 Å². The lowest BCUT2D eigenvalue weighted by molar-refractivity contribution is -0.156. The third kappa shape index (κ3) is 4.61. The second-order valence-electron chi connectivity index (χ2n) is 8.33. The summed E-state index contributed by atoms with van der Waals surface area (Å²) < 4.78 is 5.35. The topological polar surface area (TPSA) is 72.5 Å². The first-order valence-corrected chi connectivity index (χ1v) is 10.7. The quantitative estimate of drug-likeness (QED) is 0.742. The minimum atomic E-state index is -0.356. The molecule has 4 rings (SSSR count). The van der Waals surface area contributed by atoms with Crippen LogP contribution in [0.25, 0.3) is 0 Å². The zero-order valence-electron chi connectivity index (χ0n) is 17.0. The maximum atomic E-state index is 12.6. The highest BCUT2D eigenvalue weighted by atomic mass is 16.5. The summed E-state index contributed by atoms with van der Waals surface area (Å²) >= 11 is 0. The third-order valence-corrected chi connectivity index (χ3v) is 6.30. The SMILES string of the molecule is O=C(COC(=O)C1C[C@@H]2CCC[C@@H](C1)C2=O)NC(c1ccccc1)c1ccccc1. The zero-order chi connectivity index (χ0) is 20.9. The van der Waals surface area contributed by atoms with Gasteiger partial charge in [-0.3, -0.25) is 14.4 Å². The predicted molar refractivity (Wildman–Crippen MR) is 112 cm³/mol. The van der Waals surface area contributed by atoms with Crippen molar-refractivity contribution >= 4 is 17.7 Å².